The van der Waals surface area contributed by atoms with Crippen LogP contribution in [0.5, 0.6) is 5.75 Å². The van der Waals surface area contributed by atoms with Crippen LogP contribution in [0.3, 0.4) is 0 Å². The van der Waals surface area contributed by atoms with E-state index in [9.17, 15) is 0 Å². The molecule has 0 radical (unpaired) electrons. The Bertz CT molecular complexity index is 497. The average molecular weight is 228 g/mol. The van der Waals surface area contributed by atoms with Gasteiger partial charge in [-0.25, -0.2) is 4.98 Å². The summed E-state index contributed by atoms with van der Waals surface area (Å²) >= 11 is 0. The van der Waals surface area contributed by atoms with Crippen molar-refractivity contribution in [3.05, 3.63) is 48.2 Å². The van der Waals surface area contributed by atoms with Crippen LogP contribution in [0.1, 0.15) is 12.5 Å². The molecule has 0 fully saturated rings. The van der Waals surface area contributed by atoms with Gasteiger partial charge >= 0.3 is 0 Å². The Kier molecular flexibility index (Phi) is 3.60. The second-order valence-electron chi connectivity index (χ2n) is 3.80. The molecule has 0 aliphatic carbocycles. The highest BCUT2D eigenvalue weighted by molar-refractivity contribution is 5.58. The number of pyridine rings is 1. The number of anilines is 2. The van der Waals surface area contributed by atoms with Crippen LogP contribution in [0.25, 0.3) is 0 Å². The zero-order valence-corrected chi connectivity index (χ0v) is 10.1. The Balaban J connectivity index is 2.15. The number of benzene rings is 1. The molecule has 1 heterocycles. The first kappa shape index (κ1) is 11.5. The van der Waals surface area contributed by atoms with Gasteiger partial charge in [-0.3, -0.25) is 0 Å². The molecule has 2 rings (SSSR count). The minimum Gasteiger partial charge on any atom is -0.494 e. The third kappa shape index (κ3) is 3.21. The van der Waals surface area contributed by atoms with E-state index in [1.807, 2.05) is 50.2 Å². The van der Waals surface area contributed by atoms with E-state index in [1.54, 1.807) is 6.20 Å². The third-order valence-electron chi connectivity index (χ3n) is 2.33. The molecular weight excluding hydrogens is 212 g/mol. The lowest BCUT2D eigenvalue weighted by Gasteiger charge is -2.08. The van der Waals surface area contributed by atoms with Crippen molar-refractivity contribution in [3.8, 4) is 5.75 Å². The fourth-order valence-electron chi connectivity index (χ4n) is 1.58. The van der Waals surface area contributed by atoms with Gasteiger partial charge in [-0.15, -0.1) is 0 Å². The summed E-state index contributed by atoms with van der Waals surface area (Å²) < 4.78 is 5.45. The number of ether oxygens (including phenoxy) is 1. The van der Waals surface area contributed by atoms with E-state index in [4.69, 9.17) is 4.74 Å². The molecule has 0 spiro atoms. The Morgan fingerprint density at radius 3 is 2.88 bits per heavy atom. The summed E-state index contributed by atoms with van der Waals surface area (Å²) in [5.41, 5.74) is 2.16. The van der Waals surface area contributed by atoms with Crippen molar-refractivity contribution in [2.24, 2.45) is 0 Å². The normalized spacial score (nSPS) is 10.0. The number of aryl methyl sites for hydroxylation is 1. The SMILES string of the molecule is CCOc1cccc(Nc2cc(C)ccn2)c1. The summed E-state index contributed by atoms with van der Waals surface area (Å²) in [5, 5.41) is 3.25. The lowest BCUT2D eigenvalue weighted by molar-refractivity contribution is 0.340. The Labute approximate surface area is 101 Å². The number of nitrogens with one attached hydrogen (secondary N) is 1. The van der Waals surface area contributed by atoms with Gasteiger partial charge in [-0.05, 0) is 43.7 Å². The summed E-state index contributed by atoms with van der Waals surface area (Å²) in [6.07, 6.45) is 1.80. The number of aromatic nitrogens is 1. The second kappa shape index (κ2) is 5.34. The molecule has 0 aliphatic rings. The minimum absolute atomic E-state index is 0.673. The Hall–Kier alpha value is -2.03. The summed E-state index contributed by atoms with van der Waals surface area (Å²) in [6.45, 7) is 4.69. The van der Waals surface area contributed by atoms with Gasteiger partial charge in [0.2, 0.25) is 0 Å². The molecule has 3 heteroatoms. The number of hydrogen-bond donors (Lipinski definition) is 1. The fourth-order valence-corrected chi connectivity index (χ4v) is 1.58. The largest absolute Gasteiger partial charge is 0.494 e. The summed E-state index contributed by atoms with van der Waals surface area (Å²) in [4.78, 5) is 4.26. The molecule has 0 unspecified atom stereocenters. The van der Waals surface area contributed by atoms with Crippen LogP contribution in [0.4, 0.5) is 11.5 Å². The van der Waals surface area contributed by atoms with Gasteiger partial charge in [0, 0.05) is 18.0 Å². The quantitative estimate of drug-likeness (QED) is 0.869. The highest BCUT2D eigenvalue weighted by atomic mass is 16.5. The van der Waals surface area contributed by atoms with Crippen molar-refractivity contribution in [2.75, 3.05) is 11.9 Å². The molecule has 1 aromatic carbocycles. The Morgan fingerprint density at radius 1 is 1.24 bits per heavy atom. The van der Waals surface area contributed by atoms with Crippen LogP contribution >= 0.6 is 0 Å². The predicted molar refractivity (Wildman–Crippen MR) is 69.9 cm³/mol. The van der Waals surface area contributed by atoms with Crippen LogP contribution in [0.15, 0.2) is 42.6 Å². The molecule has 88 valence electrons. The van der Waals surface area contributed by atoms with Crippen LogP contribution in [0, 0.1) is 6.92 Å². The second-order valence-corrected chi connectivity index (χ2v) is 3.80. The topological polar surface area (TPSA) is 34.1 Å². The molecule has 0 bridgehead atoms. The van der Waals surface area contributed by atoms with E-state index < -0.39 is 0 Å². The predicted octanol–water partition coefficient (Wildman–Crippen LogP) is 3.53. The summed E-state index contributed by atoms with van der Waals surface area (Å²) in [5.74, 6) is 1.71. The first-order valence-corrected chi connectivity index (χ1v) is 5.70. The van der Waals surface area contributed by atoms with Gasteiger partial charge in [-0.1, -0.05) is 6.07 Å². The fraction of sp³-hybridized carbons (Fsp3) is 0.214. The van der Waals surface area contributed by atoms with E-state index in [-0.39, 0.29) is 0 Å². The van der Waals surface area contributed by atoms with Crippen LogP contribution in [-0.2, 0) is 0 Å². The first-order valence-electron chi connectivity index (χ1n) is 5.70. The average Bonchev–Trinajstić information content (AvgIpc) is 2.30. The lowest BCUT2D eigenvalue weighted by atomic mass is 10.2. The molecule has 0 atom stereocenters. The molecule has 0 aliphatic heterocycles. The number of nitrogens with zero attached hydrogens (tertiary/aromatic N) is 1. The number of hydrogen-bond acceptors (Lipinski definition) is 3. The van der Waals surface area contributed by atoms with Crippen molar-refractivity contribution in [1.82, 2.24) is 4.98 Å². The molecule has 0 amide bonds. The molecule has 0 saturated heterocycles. The van der Waals surface area contributed by atoms with Crippen LogP contribution in [0.2, 0.25) is 0 Å². The lowest BCUT2D eigenvalue weighted by Crippen LogP contribution is -1.95. The maximum atomic E-state index is 5.45. The summed E-state index contributed by atoms with van der Waals surface area (Å²) in [6, 6.07) is 11.8. The number of rotatable bonds is 4. The highest BCUT2D eigenvalue weighted by Crippen LogP contribution is 2.20. The maximum absolute atomic E-state index is 5.45. The zero-order chi connectivity index (χ0) is 12.1. The molecule has 1 aromatic heterocycles. The van der Waals surface area contributed by atoms with Gasteiger partial charge in [-0.2, -0.15) is 0 Å². The van der Waals surface area contributed by atoms with Crippen molar-refractivity contribution >= 4 is 11.5 Å². The van der Waals surface area contributed by atoms with Crippen molar-refractivity contribution in [2.45, 2.75) is 13.8 Å². The highest BCUT2D eigenvalue weighted by Gasteiger charge is 1.98. The van der Waals surface area contributed by atoms with Gasteiger partial charge in [0.25, 0.3) is 0 Å². The van der Waals surface area contributed by atoms with Crippen molar-refractivity contribution in [1.29, 1.82) is 0 Å². The molecule has 1 N–H and O–H groups in total. The van der Waals surface area contributed by atoms with E-state index in [1.165, 1.54) is 5.56 Å². The van der Waals surface area contributed by atoms with Crippen LogP contribution < -0.4 is 10.1 Å². The Morgan fingerprint density at radius 2 is 2.12 bits per heavy atom. The standard InChI is InChI=1S/C14H16N2O/c1-3-17-13-6-4-5-12(10-13)16-14-9-11(2)7-8-15-14/h4-10H,3H2,1-2H3,(H,15,16). The summed E-state index contributed by atoms with van der Waals surface area (Å²) in [7, 11) is 0. The molecule has 2 aromatic rings. The monoisotopic (exact) mass is 228 g/mol. The molecule has 0 saturated carbocycles. The van der Waals surface area contributed by atoms with E-state index in [0.717, 1.165) is 17.3 Å². The third-order valence-corrected chi connectivity index (χ3v) is 2.33. The van der Waals surface area contributed by atoms with Gasteiger partial charge in [0.05, 0.1) is 6.61 Å². The van der Waals surface area contributed by atoms with Gasteiger partial charge in [0.15, 0.2) is 0 Å². The van der Waals surface area contributed by atoms with Crippen molar-refractivity contribution < 1.29 is 4.74 Å². The van der Waals surface area contributed by atoms with Crippen molar-refractivity contribution in [3.63, 3.8) is 0 Å². The smallest absolute Gasteiger partial charge is 0.130 e. The molecule has 3 nitrogen and oxygen atoms in total. The molecular formula is C14H16N2O. The van der Waals surface area contributed by atoms with Crippen LogP contribution in [-0.4, -0.2) is 11.6 Å². The van der Waals surface area contributed by atoms with Gasteiger partial charge in [0.1, 0.15) is 11.6 Å². The first-order chi connectivity index (χ1) is 8.28. The van der Waals surface area contributed by atoms with E-state index in [2.05, 4.69) is 10.3 Å². The van der Waals surface area contributed by atoms with E-state index in [0.29, 0.717) is 6.61 Å². The molecule has 17 heavy (non-hydrogen) atoms. The zero-order valence-electron chi connectivity index (χ0n) is 10.1. The maximum Gasteiger partial charge on any atom is 0.130 e. The van der Waals surface area contributed by atoms with Gasteiger partial charge < -0.3 is 10.1 Å². The minimum atomic E-state index is 0.673. The van der Waals surface area contributed by atoms with E-state index >= 15 is 0 Å².